The molecule has 21 heavy (non-hydrogen) atoms. The van der Waals surface area contributed by atoms with Crippen LogP contribution in [0.25, 0.3) is 0 Å². The molecule has 4 atom stereocenters. The van der Waals surface area contributed by atoms with E-state index < -0.39 is 0 Å². The Labute approximate surface area is 130 Å². The number of rotatable bonds is 5. The smallest absolute Gasteiger partial charge is 0.0586 e. The summed E-state index contributed by atoms with van der Waals surface area (Å²) >= 11 is 0. The summed E-state index contributed by atoms with van der Waals surface area (Å²) in [5.74, 6) is 3.01. The van der Waals surface area contributed by atoms with E-state index in [9.17, 15) is 5.11 Å². The fourth-order valence-corrected chi connectivity index (χ4v) is 4.46. The van der Waals surface area contributed by atoms with Gasteiger partial charge in [0.2, 0.25) is 0 Å². The summed E-state index contributed by atoms with van der Waals surface area (Å²) < 4.78 is 0. The van der Waals surface area contributed by atoms with Crippen LogP contribution in [0.5, 0.6) is 0 Å². The highest BCUT2D eigenvalue weighted by atomic mass is 16.3. The molecule has 2 heteroatoms. The number of hydrogen-bond acceptors (Lipinski definition) is 2. The fourth-order valence-electron chi connectivity index (χ4n) is 4.46. The largest absolute Gasteiger partial charge is 0.393 e. The molecule has 1 heterocycles. The molecule has 2 aliphatic rings. The van der Waals surface area contributed by atoms with Crippen molar-refractivity contribution in [2.45, 2.75) is 88.8 Å². The lowest BCUT2D eigenvalue weighted by Gasteiger charge is -2.52. The summed E-state index contributed by atoms with van der Waals surface area (Å²) in [6.45, 7) is 2.24. The van der Waals surface area contributed by atoms with Gasteiger partial charge in [-0.05, 0) is 51.0 Å². The van der Waals surface area contributed by atoms with Crippen LogP contribution in [0.4, 0.5) is 0 Å². The summed E-state index contributed by atoms with van der Waals surface area (Å²) in [4.78, 5) is 0. The third-order valence-electron chi connectivity index (χ3n) is 5.47. The molecule has 1 aliphatic carbocycles. The number of piperidine rings is 1. The van der Waals surface area contributed by atoms with E-state index in [0.717, 1.165) is 25.7 Å². The van der Waals surface area contributed by atoms with Crippen molar-refractivity contribution in [1.82, 2.24) is 5.32 Å². The molecule has 0 aromatic carbocycles. The number of aliphatic hydroxyl groups excluding tert-OH is 1. The standard InChI is InChI=1S/C19H31NO/c1-3-5-7-10-16-11-8-14-19(20-16)15-9-13-18(21)17(19)12-6-4-2/h1,5,7,16-18,20-21H,4,6,8-15H2,2H3/b7-5+/t16-,17-,18+,19-/m1/s1. The van der Waals surface area contributed by atoms with Crippen LogP contribution in [-0.2, 0) is 0 Å². The first-order valence-corrected chi connectivity index (χ1v) is 8.79. The molecule has 0 amide bonds. The molecule has 118 valence electrons. The zero-order valence-corrected chi connectivity index (χ0v) is 13.5. The van der Waals surface area contributed by atoms with Gasteiger partial charge in [0.05, 0.1) is 6.10 Å². The fraction of sp³-hybridized carbons (Fsp3) is 0.789. The summed E-state index contributed by atoms with van der Waals surface area (Å²) in [5, 5.41) is 14.5. The topological polar surface area (TPSA) is 32.3 Å². The van der Waals surface area contributed by atoms with Crippen molar-refractivity contribution in [2.24, 2.45) is 5.92 Å². The maximum Gasteiger partial charge on any atom is 0.0586 e. The van der Waals surface area contributed by atoms with Gasteiger partial charge in [-0.25, -0.2) is 0 Å². The van der Waals surface area contributed by atoms with E-state index in [0.29, 0.717) is 12.0 Å². The van der Waals surface area contributed by atoms with Gasteiger partial charge in [-0.2, -0.15) is 0 Å². The van der Waals surface area contributed by atoms with Crippen LogP contribution in [0.3, 0.4) is 0 Å². The van der Waals surface area contributed by atoms with Gasteiger partial charge in [-0.1, -0.05) is 38.2 Å². The van der Waals surface area contributed by atoms with E-state index in [2.05, 4.69) is 24.2 Å². The molecule has 2 nitrogen and oxygen atoms in total. The molecule has 2 rings (SSSR count). The molecular formula is C19H31NO. The second kappa shape index (κ2) is 8.01. The highest BCUT2D eigenvalue weighted by molar-refractivity contribution is 5.10. The molecule has 1 aliphatic heterocycles. The Balaban J connectivity index is 2.05. The van der Waals surface area contributed by atoms with Crippen LogP contribution in [0.2, 0.25) is 0 Å². The molecule has 1 saturated carbocycles. The van der Waals surface area contributed by atoms with Gasteiger partial charge in [-0.15, -0.1) is 6.42 Å². The van der Waals surface area contributed by atoms with Crippen molar-refractivity contribution in [1.29, 1.82) is 0 Å². The Morgan fingerprint density at radius 2 is 2.10 bits per heavy atom. The third-order valence-corrected chi connectivity index (χ3v) is 5.47. The van der Waals surface area contributed by atoms with E-state index in [1.165, 1.54) is 38.5 Å². The second-order valence-corrected chi connectivity index (χ2v) is 6.90. The molecule has 0 bridgehead atoms. The third kappa shape index (κ3) is 4.11. The van der Waals surface area contributed by atoms with Crippen LogP contribution in [0, 0.1) is 18.3 Å². The monoisotopic (exact) mass is 289 g/mol. The molecular weight excluding hydrogens is 258 g/mol. The Hall–Kier alpha value is -0.780. The minimum Gasteiger partial charge on any atom is -0.393 e. The first-order valence-electron chi connectivity index (χ1n) is 8.79. The van der Waals surface area contributed by atoms with Gasteiger partial charge in [0, 0.05) is 17.5 Å². The van der Waals surface area contributed by atoms with Gasteiger partial charge in [0.1, 0.15) is 0 Å². The number of allylic oxidation sites excluding steroid dienone is 1. The highest BCUT2D eigenvalue weighted by Crippen LogP contribution is 2.43. The van der Waals surface area contributed by atoms with Gasteiger partial charge in [0.15, 0.2) is 0 Å². The van der Waals surface area contributed by atoms with Gasteiger partial charge in [-0.3, -0.25) is 0 Å². The molecule has 1 spiro atoms. The minimum atomic E-state index is -0.113. The summed E-state index contributed by atoms with van der Waals surface area (Å²) in [6.07, 6.45) is 20.8. The minimum absolute atomic E-state index is 0.113. The Bertz CT molecular complexity index is 380. The van der Waals surface area contributed by atoms with E-state index >= 15 is 0 Å². The number of aliphatic hydroxyl groups is 1. The van der Waals surface area contributed by atoms with E-state index in [-0.39, 0.29) is 11.6 Å². The first kappa shape index (κ1) is 16.6. The van der Waals surface area contributed by atoms with Crippen molar-refractivity contribution < 1.29 is 5.11 Å². The molecule has 0 radical (unpaired) electrons. The number of unbranched alkanes of at least 4 members (excludes halogenated alkanes) is 1. The SMILES string of the molecule is C#C/C=C/C[C@@H]1CCC[C@]2(CCC[C@H](O)[C@H]2CCCC)N1. The normalized spacial score (nSPS) is 36.9. The average molecular weight is 289 g/mol. The predicted molar refractivity (Wildman–Crippen MR) is 89.0 cm³/mol. The van der Waals surface area contributed by atoms with Crippen LogP contribution in [0.1, 0.15) is 71.1 Å². The van der Waals surface area contributed by atoms with Crippen molar-refractivity contribution in [2.75, 3.05) is 0 Å². The highest BCUT2D eigenvalue weighted by Gasteiger charge is 2.46. The molecule has 0 aromatic heterocycles. The molecule has 0 unspecified atom stereocenters. The summed E-state index contributed by atoms with van der Waals surface area (Å²) in [6, 6.07) is 0.526. The first-order chi connectivity index (χ1) is 10.2. The number of nitrogens with one attached hydrogen (secondary N) is 1. The van der Waals surface area contributed by atoms with Crippen LogP contribution < -0.4 is 5.32 Å². The lowest BCUT2D eigenvalue weighted by molar-refractivity contribution is -0.0247. The van der Waals surface area contributed by atoms with Crippen LogP contribution in [0.15, 0.2) is 12.2 Å². The molecule has 0 aromatic rings. The quantitative estimate of drug-likeness (QED) is 0.755. The van der Waals surface area contributed by atoms with E-state index in [1.54, 1.807) is 0 Å². The Morgan fingerprint density at radius 1 is 1.33 bits per heavy atom. The molecule has 2 fully saturated rings. The predicted octanol–water partition coefficient (Wildman–Crippen LogP) is 3.80. The molecule has 1 saturated heterocycles. The Kier molecular flexibility index (Phi) is 6.33. The van der Waals surface area contributed by atoms with Crippen molar-refractivity contribution >= 4 is 0 Å². The van der Waals surface area contributed by atoms with Crippen molar-refractivity contribution in [3.63, 3.8) is 0 Å². The van der Waals surface area contributed by atoms with Gasteiger partial charge >= 0.3 is 0 Å². The van der Waals surface area contributed by atoms with Gasteiger partial charge in [0.25, 0.3) is 0 Å². The second-order valence-electron chi connectivity index (χ2n) is 6.90. The van der Waals surface area contributed by atoms with Crippen molar-refractivity contribution in [3.8, 4) is 12.3 Å². The zero-order chi connectivity index (χ0) is 15.1. The molecule has 2 N–H and O–H groups in total. The maximum atomic E-state index is 10.5. The Morgan fingerprint density at radius 3 is 2.81 bits per heavy atom. The van der Waals surface area contributed by atoms with Crippen LogP contribution >= 0.6 is 0 Å². The summed E-state index contributed by atoms with van der Waals surface area (Å²) in [7, 11) is 0. The number of hydrogen-bond donors (Lipinski definition) is 2. The maximum absolute atomic E-state index is 10.5. The average Bonchev–Trinajstić information content (AvgIpc) is 2.47. The summed E-state index contributed by atoms with van der Waals surface area (Å²) in [5.41, 5.74) is 0.180. The van der Waals surface area contributed by atoms with E-state index in [1.807, 2.05) is 6.08 Å². The van der Waals surface area contributed by atoms with Crippen molar-refractivity contribution in [3.05, 3.63) is 12.2 Å². The van der Waals surface area contributed by atoms with E-state index in [4.69, 9.17) is 6.42 Å². The number of terminal acetylenes is 1. The lowest BCUT2D eigenvalue weighted by atomic mass is 9.65. The zero-order valence-electron chi connectivity index (χ0n) is 13.5. The van der Waals surface area contributed by atoms with Crippen LogP contribution in [-0.4, -0.2) is 22.8 Å². The van der Waals surface area contributed by atoms with Gasteiger partial charge < -0.3 is 10.4 Å². The lowest BCUT2D eigenvalue weighted by Crippen LogP contribution is -2.62.